The molecule has 1 aromatic carbocycles. The highest BCUT2D eigenvalue weighted by Crippen LogP contribution is 2.36. The van der Waals surface area contributed by atoms with Gasteiger partial charge in [-0.05, 0) is 40.2 Å². The number of amides is 1. The summed E-state index contributed by atoms with van der Waals surface area (Å²) < 4.78 is 67.7. The number of ether oxygens (including phenoxy) is 1. The Bertz CT molecular complexity index is 1030. The van der Waals surface area contributed by atoms with Crippen LogP contribution in [0.5, 0.6) is 5.75 Å². The fourth-order valence-electron chi connectivity index (χ4n) is 2.35. The Morgan fingerprint density at radius 3 is 2.48 bits per heavy atom. The summed E-state index contributed by atoms with van der Waals surface area (Å²) >= 11 is 3.82. The SMILES string of the molecule is Cn1nc(C(F)(F)F)c(Br)c1C(=O)Nc1nc(-c2ccc(OC(F)F)cc2)cs1. The van der Waals surface area contributed by atoms with Gasteiger partial charge < -0.3 is 4.74 Å². The number of carbonyl (C=O) groups is 1. The monoisotopic (exact) mass is 496 g/mol. The smallest absolute Gasteiger partial charge is 0.435 e. The molecular weight excluding hydrogens is 487 g/mol. The Hall–Kier alpha value is -2.54. The summed E-state index contributed by atoms with van der Waals surface area (Å²) in [4.78, 5) is 16.6. The van der Waals surface area contributed by atoms with Crippen LogP contribution in [0.1, 0.15) is 16.2 Å². The van der Waals surface area contributed by atoms with E-state index in [4.69, 9.17) is 0 Å². The van der Waals surface area contributed by atoms with Crippen LogP contribution in [-0.4, -0.2) is 27.3 Å². The summed E-state index contributed by atoms with van der Waals surface area (Å²) in [6.45, 7) is -2.94. The molecule has 0 spiro atoms. The predicted molar refractivity (Wildman–Crippen MR) is 98.0 cm³/mol. The van der Waals surface area contributed by atoms with E-state index < -0.39 is 28.9 Å². The average Bonchev–Trinajstić information content (AvgIpc) is 3.19. The zero-order valence-electron chi connectivity index (χ0n) is 14.3. The second-order valence-electron chi connectivity index (χ2n) is 5.53. The van der Waals surface area contributed by atoms with Gasteiger partial charge in [0.1, 0.15) is 11.4 Å². The lowest BCUT2D eigenvalue weighted by atomic mass is 10.2. The molecule has 0 aliphatic carbocycles. The first-order valence-corrected chi connectivity index (χ1v) is 9.35. The molecule has 29 heavy (non-hydrogen) atoms. The summed E-state index contributed by atoms with van der Waals surface area (Å²) in [7, 11) is 1.21. The maximum Gasteiger partial charge on any atom is 0.436 e. The van der Waals surface area contributed by atoms with Crippen molar-refractivity contribution in [1.29, 1.82) is 0 Å². The number of anilines is 1. The van der Waals surface area contributed by atoms with Crippen molar-refractivity contribution in [1.82, 2.24) is 14.8 Å². The second-order valence-corrected chi connectivity index (χ2v) is 7.18. The Balaban J connectivity index is 1.77. The Morgan fingerprint density at radius 1 is 1.28 bits per heavy atom. The predicted octanol–water partition coefficient (Wildman–Crippen LogP) is 5.18. The van der Waals surface area contributed by atoms with Crippen molar-refractivity contribution >= 4 is 38.3 Å². The molecule has 3 aromatic rings. The molecule has 0 atom stereocenters. The number of carbonyl (C=O) groups excluding carboxylic acids is 1. The molecule has 2 aromatic heterocycles. The van der Waals surface area contributed by atoms with Gasteiger partial charge in [0, 0.05) is 18.0 Å². The van der Waals surface area contributed by atoms with Crippen LogP contribution in [0.3, 0.4) is 0 Å². The van der Waals surface area contributed by atoms with Gasteiger partial charge in [0.25, 0.3) is 5.91 Å². The van der Waals surface area contributed by atoms with Crippen LogP contribution in [0, 0.1) is 0 Å². The van der Waals surface area contributed by atoms with Gasteiger partial charge in [-0.25, -0.2) is 4.98 Å². The summed E-state index contributed by atoms with van der Waals surface area (Å²) in [5, 5.41) is 7.48. The van der Waals surface area contributed by atoms with Gasteiger partial charge in [-0.3, -0.25) is 14.8 Å². The first-order chi connectivity index (χ1) is 13.6. The number of halogens is 6. The molecule has 0 bridgehead atoms. The molecular formula is C16H10BrF5N4O2S. The van der Waals surface area contributed by atoms with E-state index in [-0.39, 0.29) is 16.6 Å². The maximum absolute atomic E-state index is 12.9. The van der Waals surface area contributed by atoms with Crippen LogP contribution in [0.15, 0.2) is 34.1 Å². The molecule has 0 saturated carbocycles. The third-order valence-electron chi connectivity index (χ3n) is 3.57. The van der Waals surface area contributed by atoms with Crippen LogP contribution in [0.4, 0.5) is 27.1 Å². The van der Waals surface area contributed by atoms with Crippen LogP contribution < -0.4 is 10.1 Å². The quantitative estimate of drug-likeness (QED) is 0.494. The summed E-state index contributed by atoms with van der Waals surface area (Å²) in [5.74, 6) is -0.849. The van der Waals surface area contributed by atoms with Crippen LogP contribution in [0.2, 0.25) is 0 Å². The lowest BCUT2D eigenvalue weighted by Gasteiger charge is -2.04. The summed E-state index contributed by atoms with van der Waals surface area (Å²) in [6, 6.07) is 5.69. The Kier molecular flexibility index (Phi) is 5.89. The molecule has 1 N–H and O–H groups in total. The lowest BCUT2D eigenvalue weighted by molar-refractivity contribution is -0.142. The first-order valence-electron chi connectivity index (χ1n) is 7.68. The highest BCUT2D eigenvalue weighted by atomic mass is 79.9. The number of benzene rings is 1. The number of aryl methyl sites for hydroxylation is 1. The van der Waals surface area contributed by atoms with Crippen LogP contribution in [0.25, 0.3) is 11.3 Å². The average molecular weight is 497 g/mol. The highest BCUT2D eigenvalue weighted by molar-refractivity contribution is 9.10. The number of alkyl halides is 5. The van der Waals surface area contributed by atoms with Gasteiger partial charge in [-0.1, -0.05) is 0 Å². The highest BCUT2D eigenvalue weighted by Gasteiger charge is 2.39. The second kappa shape index (κ2) is 8.06. The number of hydrogen-bond acceptors (Lipinski definition) is 5. The number of hydrogen-bond donors (Lipinski definition) is 1. The van der Waals surface area contributed by atoms with Crippen molar-refractivity contribution in [2.24, 2.45) is 7.05 Å². The standard InChI is InChI=1S/C16H10BrF5N4O2S/c1-26-11(10(17)12(25-26)16(20,21)22)13(27)24-15-23-9(6-29-15)7-2-4-8(5-3-7)28-14(18)19/h2-6,14H,1H3,(H,23,24,27). The third kappa shape index (κ3) is 4.72. The molecule has 0 fully saturated rings. The van der Waals surface area contributed by atoms with Gasteiger partial charge >= 0.3 is 12.8 Å². The Labute approximate surface area is 172 Å². The summed E-state index contributed by atoms with van der Waals surface area (Å²) in [5.41, 5.74) is -0.517. The molecule has 0 saturated heterocycles. The molecule has 3 rings (SSSR count). The van der Waals surface area contributed by atoms with Gasteiger partial charge in [-0.15, -0.1) is 11.3 Å². The van der Waals surface area contributed by atoms with Gasteiger partial charge in [0.15, 0.2) is 10.8 Å². The number of thiazole rings is 1. The van der Waals surface area contributed by atoms with Crippen molar-refractivity contribution in [3.8, 4) is 17.0 Å². The lowest BCUT2D eigenvalue weighted by Crippen LogP contribution is -2.16. The minimum Gasteiger partial charge on any atom is -0.435 e. The topological polar surface area (TPSA) is 69.0 Å². The van der Waals surface area contributed by atoms with Crippen LogP contribution in [-0.2, 0) is 13.2 Å². The zero-order valence-corrected chi connectivity index (χ0v) is 16.7. The molecule has 154 valence electrons. The van der Waals surface area contributed by atoms with Crippen molar-refractivity contribution in [2.75, 3.05) is 5.32 Å². The first kappa shape index (κ1) is 21.2. The van der Waals surface area contributed by atoms with Gasteiger partial charge in [0.05, 0.1) is 10.2 Å². The number of nitrogens with zero attached hydrogens (tertiary/aromatic N) is 3. The van der Waals surface area contributed by atoms with E-state index in [9.17, 15) is 26.7 Å². The zero-order chi connectivity index (χ0) is 21.3. The number of aromatic nitrogens is 3. The van der Waals surface area contributed by atoms with Crippen molar-refractivity contribution in [2.45, 2.75) is 12.8 Å². The molecule has 13 heteroatoms. The molecule has 1 amide bonds. The van der Waals surface area contributed by atoms with E-state index in [0.717, 1.165) is 16.0 Å². The van der Waals surface area contributed by atoms with Crippen molar-refractivity contribution < 1.29 is 31.5 Å². The largest absolute Gasteiger partial charge is 0.436 e. The van der Waals surface area contributed by atoms with E-state index >= 15 is 0 Å². The minimum atomic E-state index is -4.72. The molecule has 6 nitrogen and oxygen atoms in total. The molecule has 0 radical (unpaired) electrons. The fourth-order valence-corrected chi connectivity index (χ4v) is 3.81. The molecule has 0 aliphatic heterocycles. The molecule has 0 unspecified atom stereocenters. The number of rotatable bonds is 5. The fraction of sp³-hybridized carbons (Fsp3) is 0.188. The van der Waals surface area contributed by atoms with E-state index in [2.05, 4.69) is 36.1 Å². The Morgan fingerprint density at radius 2 is 1.93 bits per heavy atom. The number of nitrogens with one attached hydrogen (secondary N) is 1. The van der Waals surface area contributed by atoms with Gasteiger partial charge in [-0.2, -0.15) is 27.1 Å². The molecule has 0 aliphatic rings. The van der Waals surface area contributed by atoms with E-state index in [1.807, 2.05) is 0 Å². The van der Waals surface area contributed by atoms with E-state index in [0.29, 0.717) is 11.3 Å². The maximum atomic E-state index is 12.9. The third-order valence-corrected chi connectivity index (χ3v) is 5.08. The van der Waals surface area contributed by atoms with Crippen LogP contribution >= 0.6 is 27.3 Å². The van der Waals surface area contributed by atoms with E-state index in [1.54, 1.807) is 5.38 Å². The minimum absolute atomic E-state index is 0.0194. The van der Waals surface area contributed by atoms with Gasteiger partial charge in [0.2, 0.25) is 0 Å². The normalized spacial score (nSPS) is 11.7. The van der Waals surface area contributed by atoms with Crippen molar-refractivity contribution in [3.05, 3.63) is 45.5 Å². The summed E-state index contributed by atoms with van der Waals surface area (Å²) in [6.07, 6.45) is -4.72. The van der Waals surface area contributed by atoms with E-state index in [1.165, 1.54) is 31.3 Å². The van der Waals surface area contributed by atoms with Crippen molar-refractivity contribution in [3.63, 3.8) is 0 Å². The molecule has 2 heterocycles.